The average Bonchev–Trinajstić information content (AvgIpc) is 2.62. The number of nitrogens with zero attached hydrogens (tertiary/aromatic N) is 2. The van der Waals surface area contributed by atoms with Crippen LogP contribution in [0, 0.1) is 21.7 Å². The first kappa shape index (κ1) is 17.9. The molecule has 1 N–H and O–H groups in total. The van der Waals surface area contributed by atoms with E-state index in [1.165, 1.54) is 24.5 Å². The van der Waals surface area contributed by atoms with Crippen LogP contribution in [0.4, 0.5) is 20.2 Å². The number of halogens is 2. The summed E-state index contributed by atoms with van der Waals surface area (Å²) in [5.41, 5.74) is -0.735. The Bertz CT molecular complexity index is 1010. The number of carbonyl (C=O) groups excluding carboxylic acids is 1. The van der Waals surface area contributed by atoms with Crippen LogP contribution < -0.4 is 10.1 Å². The zero-order valence-electron chi connectivity index (χ0n) is 13.6. The molecule has 0 aliphatic carbocycles. The minimum atomic E-state index is -1.05. The van der Waals surface area contributed by atoms with Crippen molar-refractivity contribution in [3.05, 3.63) is 88.2 Å². The maximum atomic E-state index is 13.7. The summed E-state index contributed by atoms with van der Waals surface area (Å²) in [6, 6.07) is 9.28. The zero-order valence-corrected chi connectivity index (χ0v) is 13.6. The molecule has 0 fully saturated rings. The van der Waals surface area contributed by atoms with Crippen LogP contribution in [-0.2, 0) is 0 Å². The van der Waals surface area contributed by atoms with Crippen molar-refractivity contribution in [2.24, 2.45) is 0 Å². The van der Waals surface area contributed by atoms with Crippen LogP contribution in [0.3, 0.4) is 0 Å². The number of non-ortho nitro benzene ring substituents is 1. The Kier molecular flexibility index (Phi) is 5.02. The van der Waals surface area contributed by atoms with Crippen LogP contribution in [-0.4, -0.2) is 15.8 Å². The van der Waals surface area contributed by atoms with Gasteiger partial charge in [0.25, 0.3) is 11.6 Å². The number of amides is 1. The molecule has 0 aliphatic heterocycles. The van der Waals surface area contributed by atoms with Gasteiger partial charge >= 0.3 is 0 Å². The van der Waals surface area contributed by atoms with Gasteiger partial charge < -0.3 is 10.1 Å². The molecule has 136 valence electrons. The van der Waals surface area contributed by atoms with Gasteiger partial charge in [0, 0.05) is 24.4 Å². The van der Waals surface area contributed by atoms with E-state index in [1.54, 1.807) is 12.1 Å². The van der Waals surface area contributed by atoms with Crippen molar-refractivity contribution in [2.75, 3.05) is 5.32 Å². The summed E-state index contributed by atoms with van der Waals surface area (Å²) >= 11 is 0. The molecule has 0 radical (unpaired) electrons. The molecule has 0 atom stereocenters. The Morgan fingerprint density at radius 1 is 1.11 bits per heavy atom. The fraction of sp³-hybridized carbons (Fsp3) is 0. The highest BCUT2D eigenvalue weighted by atomic mass is 19.1. The average molecular weight is 371 g/mol. The van der Waals surface area contributed by atoms with Crippen molar-refractivity contribution >= 4 is 17.3 Å². The van der Waals surface area contributed by atoms with Crippen LogP contribution in [0.2, 0.25) is 0 Å². The monoisotopic (exact) mass is 371 g/mol. The molecule has 3 rings (SSSR count). The van der Waals surface area contributed by atoms with Gasteiger partial charge in [-0.15, -0.1) is 0 Å². The second-order valence-corrected chi connectivity index (χ2v) is 5.34. The fourth-order valence-electron chi connectivity index (χ4n) is 2.24. The van der Waals surface area contributed by atoms with Crippen molar-refractivity contribution in [2.45, 2.75) is 0 Å². The van der Waals surface area contributed by atoms with Crippen molar-refractivity contribution in [1.82, 2.24) is 4.98 Å². The molecule has 1 heterocycles. The summed E-state index contributed by atoms with van der Waals surface area (Å²) < 4.78 is 32.2. The number of hydrogen-bond donors (Lipinski definition) is 1. The summed E-state index contributed by atoms with van der Waals surface area (Å²) in [5, 5.41) is 13.5. The Labute approximate surface area is 151 Å². The highest BCUT2D eigenvalue weighted by molar-refractivity contribution is 6.04. The van der Waals surface area contributed by atoms with Crippen LogP contribution in [0.15, 0.2) is 60.9 Å². The number of aromatic nitrogens is 1. The number of nitro benzene ring substituents is 1. The predicted molar refractivity (Wildman–Crippen MR) is 91.7 cm³/mol. The van der Waals surface area contributed by atoms with E-state index in [0.29, 0.717) is 11.8 Å². The second kappa shape index (κ2) is 7.56. The minimum Gasteiger partial charge on any atom is -0.455 e. The Balaban J connectivity index is 1.89. The predicted octanol–water partition coefficient (Wildman–Crippen LogP) is 4.31. The number of hydrogen-bond acceptors (Lipinski definition) is 5. The number of rotatable bonds is 5. The van der Waals surface area contributed by atoms with Gasteiger partial charge in [0.15, 0.2) is 0 Å². The Hall–Kier alpha value is -3.88. The topological polar surface area (TPSA) is 94.4 Å². The van der Waals surface area contributed by atoms with Crippen molar-refractivity contribution in [3.8, 4) is 11.5 Å². The lowest BCUT2D eigenvalue weighted by atomic mass is 10.2. The smallest absolute Gasteiger partial charge is 0.275 e. The largest absolute Gasteiger partial charge is 0.455 e. The molecule has 0 unspecified atom stereocenters. The van der Waals surface area contributed by atoms with Gasteiger partial charge in [0.05, 0.1) is 28.4 Å². The van der Waals surface area contributed by atoms with Crippen molar-refractivity contribution < 1.29 is 23.2 Å². The number of nitro groups is 1. The number of ether oxygens (including phenoxy) is 1. The van der Waals surface area contributed by atoms with E-state index in [4.69, 9.17) is 4.74 Å². The van der Waals surface area contributed by atoms with Gasteiger partial charge in [0.2, 0.25) is 0 Å². The summed E-state index contributed by atoms with van der Waals surface area (Å²) in [4.78, 5) is 26.5. The van der Waals surface area contributed by atoms with Crippen LogP contribution in [0.25, 0.3) is 0 Å². The first-order valence-electron chi connectivity index (χ1n) is 7.56. The molecule has 7 nitrogen and oxygen atoms in total. The third-order valence-corrected chi connectivity index (χ3v) is 3.41. The van der Waals surface area contributed by atoms with Gasteiger partial charge in [-0.1, -0.05) is 0 Å². The summed E-state index contributed by atoms with van der Waals surface area (Å²) in [5.74, 6) is -2.36. The molecule has 0 saturated heterocycles. The zero-order chi connectivity index (χ0) is 19.4. The lowest BCUT2D eigenvalue weighted by Crippen LogP contribution is -2.14. The molecule has 1 amide bonds. The van der Waals surface area contributed by atoms with Gasteiger partial charge in [0.1, 0.15) is 23.1 Å². The highest BCUT2D eigenvalue weighted by Gasteiger charge is 2.16. The van der Waals surface area contributed by atoms with E-state index in [-0.39, 0.29) is 17.1 Å². The van der Waals surface area contributed by atoms with Gasteiger partial charge in [-0.3, -0.25) is 19.9 Å². The molecular formula is C18H11F2N3O4. The SMILES string of the molecule is O=C(Nc1cc(Oc2cccnc2)cc([N+](=O)[O-])c1)c1ccc(F)cc1F. The molecule has 3 aromatic rings. The van der Waals surface area contributed by atoms with Crippen molar-refractivity contribution in [3.63, 3.8) is 0 Å². The van der Waals surface area contributed by atoms with E-state index >= 15 is 0 Å². The number of nitrogens with one attached hydrogen (secondary N) is 1. The normalized spacial score (nSPS) is 10.3. The second-order valence-electron chi connectivity index (χ2n) is 5.34. The third-order valence-electron chi connectivity index (χ3n) is 3.41. The molecule has 1 aromatic heterocycles. The maximum absolute atomic E-state index is 13.7. The molecule has 0 spiro atoms. The molecule has 9 heteroatoms. The Morgan fingerprint density at radius 3 is 2.59 bits per heavy atom. The van der Waals surface area contributed by atoms with E-state index in [0.717, 1.165) is 18.2 Å². The number of anilines is 1. The summed E-state index contributed by atoms with van der Waals surface area (Å²) in [6.45, 7) is 0. The van der Waals surface area contributed by atoms with Crippen LogP contribution >= 0.6 is 0 Å². The standard InChI is InChI=1S/C18H11F2N3O4/c19-11-3-4-16(17(20)6-11)18(24)22-12-7-13(23(25)26)9-15(8-12)27-14-2-1-5-21-10-14/h1-10H,(H,22,24). The first-order chi connectivity index (χ1) is 12.9. The molecule has 0 bridgehead atoms. The van der Waals surface area contributed by atoms with Crippen LogP contribution in [0.1, 0.15) is 10.4 Å². The van der Waals surface area contributed by atoms with Gasteiger partial charge in [-0.2, -0.15) is 0 Å². The molecule has 27 heavy (non-hydrogen) atoms. The lowest BCUT2D eigenvalue weighted by molar-refractivity contribution is -0.384. The summed E-state index contributed by atoms with van der Waals surface area (Å²) in [6.07, 6.45) is 2.94. The Morgan fingerprint density at radius 2 is 1.93 bits per heavy atom. The number of pyridine rings is 1. The summed E-state index contributed by atoms with van der Waals surface area (Å²) in [7, 11) is 0. The minimum absolute atomic E-state index is 0.0109. The quantitative estimate of drug-likeness (QED) is 0.533. The first-order valence-corrected chi connectivity index (χ1v) is 7.56. The number of benzene rings is 2. The van der Waals surface area contributed by atoms with E-state index in [9.17, 15) is 23.7 Å². The molecular weight excluding hydrogens is 360 g/mol. The number of carbonyl (C=O) groups is 1. The molecule has 2 aromatic carbocycles. The van der Waals surface area contributed by atoms with E-state index in [2.05, 4.69) is 10.3 Å². The fourth-order valence-corrected chi connectivity index (χ4v) is 2.24. The van der Waals surface area contributed by atoms with Crippen molar-refractivity contribution in [1.29, 1.82) is 0 Å². The van der Waals surface area contributed by atoms with Crippen LogP contribution in [0.5, 0.6) is 11.5 Å². The highest BCUT2D eigenvalue weighted by Crippen LogP contribution is 2.29. The molecule has 0 saturated carbocycles. The van der Waals surface area contributed by atoms with Gasteiger partial charge in [-0.05, 0) is 24.3 Å². The lowest BCUT2D eigenvalue weighted by Gasteiger charge is -2.10. The third kappa shape index (κ3) is 4.40. The molecule has 0 aliphatic rings. The van der Waals surface area contributed by atoms with Gasteiger partial charge in [-0.25, -0.2) is 8.78 Å². The van der Waals surface area contributed by atoms with E-state index < -0.39 is 28.0 Å². The maximum Gasteiger partial charge on any atom is 0.275 e. The van der Waals surface area contributed by atoms with E-state index in [1.807, 2.05) is 0 Å².